The molecule has 0 spiro atoms. The quantitative estimate of drug-likeness (QED) is 0.877. The molecule has 0 bridgehead atoms. The van der Waals surface area contributed by atoms with E-state index in [1.54, 1.807) is 4.90 Å². The Labute approximate surface area is 138 Å². The fourth-order valence-electron chi connectivity index (χ4n) is 2.89. The molecule has 5 nitrogen and oxygen atoms in total. The van der Waals surface area contributed by atoms with E-state index < -0.39 is 0 Å². The summed E-state index contributed by atoms with van der Waals surface area (Å²) in [6.45, 7) is 6.82. The van der Waals surface area contributed by atoms with Crippen molar-refractivity contribution in [3.8, 4) is 0 Å². The summed E-state index contributed by atoms with van der Waals surface area (Å²) in [5.74, 6) is -0.265. The first kappa shape index (κ1) is 17.5. The average Bonchev–Trinajstić information content (AvgIpc) is 3.01. The molecule has 0 saturated carbocycles. The highest BCUT2D eigenvalue weighted by molar-refractivity contribution is 5.95. The number of amides is 2. The van der Waals surface area contributed by atoms with Gasteiger partial charge in [-0.15, -0.1) is 0 Å². The van der Waals surface area contributed by atoms with Crippen LogP contribution < -0.4 is 5.32 Å². The molecule has 1 N–H and O–H groups in total. The van der Waals surface area contributed by atoms with Crippen LogP contribution in [0.1, 0.15) is 37.8 Å². The van der Waals surface area contributed by atoms with Crippen LogP contribution in [0.3, 0.4) is 0 Å². The molecule has 0 aromatic heterocycles. The van der Waals surface area contributed by atoms with Crippen LogP contribution in [0.25, 0.3) is 0 Å². The molecule has 1 aliphatic heterocycles. The predicted molar refractivity (Wildman–Crippen MR) is 90.4 cm³/mol. The van der Waals surface area contributed by atoms with Crippen LogP contribution in [-0.2, 0) is 20.7 Å². The second-order valence-electron chi connectivity index (χ2n) is 6.05. The first-order chi connectivity index (χ1) is 11.0. The molecule has 5 heteroatoms. The van der Waals surface area contributed by atoms with Crippen molar-refractivity contribution >= 4 is 17.5 Å². The van der Waals surface area contributed by atoms with Gasteiger partial charge in [-0.3, -0.25) is 9.59 Å². The first-order valence-electron chi connectivity index (χ1n) is 8.26. The zero-order chi connectivity index (χ0) is 16.8. The number of aryl methyl sites for hydroxylation is 2. The van der Waals surface area contributed by atoms with E-state index in [0.717, 1.165) is 42.7 Å². The van der Waals surface area contributed by atoms with E-state index in [-0.39, 0.29) is 24.5 Å². The summed E-state index contributed by atoms with van der Waals surface area (Å²) in [6.07, 6.45) is 2.87. The number of carbonyl (C=O) groups excluding carboxylic acids is 2. The van der Waals surface area contributed by atoms with Gasteiger partial charge in [0.05, 0.1) is 12.6 Å². The van der Waals surface area contributed by atoms with E-state index in [1.165, 1.54) is 6.92 Å². The topological polar surface area (TPSA) is 58.6 Å². The zero-order valence-electron chi connectivity index (χ0n) is 14.2. The second kappa shape index (κ2) is 8.11. The molecule has 1 atom stereocenters. The van der Waals surface area contributed by atoms with Gasteiger partial charge >= 0.3 is 0 Å². The lowest BCUT2D eigenvalue weighted by Crippen LogP contribution is -2.41. The highest BCUT2D eigenvalue weighted by atomic mass is 16.5. The normalized spacial score (nSPS) is 17.1. The molecule has 1 aromatic rings. The minimum absolute atomic E-state index is 0.0522. The molecule has 23 heavy (non-hydrogen) atoms. The monoisotopic (exact) mass is 318 g/mol. The third-order valence-corrected chi connectivity index (χ3v) is 4.23. The van der Waals surface area contributed by atoms with Crippen molar-refractivity contribution in [2.45, 2.75) is 46.1 Å². The Morgan fingerprint density at radius 1 is 1.39 bits per heavy atom. The minimum atomic E-state index is -0.165. The van der Waals surface area contributed by atoms with Crippen LogP contribution in [0.2, 0.25) is 0 Å². The second-order valence-corrected chi connectivity index (χ2v) is 6.05. The highest BCUT2D eigenvalue weighted by Gasteiger charge is 2.22. The number of nitrogens with zero attached hydrogens (tertiary/aromatic N) is 1. The Hall–Kier alpha value is -1.88. The molecule has 2 rings (SSSR count). The SMILES string of the molecule is CCc1cccc(C)c1NC(=O)CN(CC1CCCO1)C(C)=O. The largest absolute Gasteiger partial charge is 0.376 e. The summed E-state index contributed by atoms with van der Waals surface area (Å²) in [5.41, 5.74) is 3.00. The number of benzene rings is 1. The maximum Gasteiger partial charge on any atom is 0.244 e. The fourth-order valence-corrected chi connectivity index (χ4v) is 2.89. The Kier molecular flexibility index (Phi) is 6.16. The summed E-state index contributed by atoms with van der Waals surface area (Å²) < 4.78 is 5.56. The zero-order valence-corrected chi connectivity index (χ0v) is 14.2. The Morgan fingerprint density at radius 2 is 2.17 bits per heavy atom. The molecule has 1 aromatic carbocycles. The van der Waals surface area contributed by atoms with Gasteiger partial charge in [0, 0.05) is 25.8 Å². The van der Waals surface area contributed by atoms with Crippen molar-refractivity contribution in [2.75, 3.05) is 25.0 Å². The number of nitrogens with one attached hydrogen (secondary N) is 1. The Bertz CT molecular complexity index is 565. The van der Waals surface area contributed by atoms with Crippen molar-refractivity contribution in [1.29, 1.82) is 0 Å². The van der Waals surface area contributed by atoms with Crippen LogP contribution in [0, 0.1) is 6.92 Å². The number of hydrogen-bond acceptors (Lipinski definition) is 3. The standard InChI is InChI=1S/C18H26N2O3/c1-4-15-8-5-7-13(2)18(15)19-17(22)12-20(14(3)21)11-16-9-6-10-23-16/h5,7-8,16H,4,6,9-12H2,1-3H3,(H,19,22). The van der Waals surface area contributed by atoms with Gasteiger partial charge in [0.2, 0.25) is 11.8 Å². The third kappa shape index (κ3) is 4.79. The molecule has 1 fully saturated rings. The summed E-state index contributed by atoms with van der Waals surface area (Å²) in [5, 5.41) is 2.97. The van der Waals surface area contributed by atoms with Crippen molar-refractivity contribution in [3.05, 3.63) is 29.3 Å². The summed E-state index contributed by atoms with van der Waals surface area (Å²) in [7, 11) is 0. The van der Waals surface area contributed by atoms with Crippen molar-refractivity contribution < 1.29 is 14.3 Å². The van der Waals surface area contributed by atoms with Gasteiger partial charge in [0.1, 0.15) is 0 Å². The van der Waals surface area contributed by atoms with E-state index in [2.05, 4.69) is 12.2 Å². The molecule has 0 radical (unpaired) electrons. The lowest BCUT2D eigenvalue weighted by Gasteiger charge is -2.24. The molecule has 1 heterocycles. The third-order valence-electron chi connectivity index (χ3n) is 4.23. The number of para-hydroxylation sites is 1. The van der Waals surface area contributed by atoms with Gasteiger partial charge in [0.15, 0.2) is 0 Å². The van der Waals surface area contributed by atoms with Gasteiger partial charge in [-0.25, -0.2) is 0 Å². The number of hydrogen-bond donors (Lipinski definition) is 1. The maximum absolute atomic E-state index is 12.4. The van der Waals surface area contributed by atoms with E-state index in [1.807, 2.05) is 25.1 Å². The van der Waals surface area contributed by atoms with Crippen molar-refractivity contribution in [3.63, 3.8) is 0 Å². The number of anilines is 1. The summed E-state index contributed by atoms with van der Waals surface area (Å²) >= 11 is 0. The minimum Gasteiger partial charge on any atom is -0.376 e. The molecular formula is C18H26N2O3. The number of carbonyl (C=O) groups is 2. The van der Waals surface area contributed by atoms with Crippen molar-refractivity contribution in [1.82, 2.24) is 4.90 Å². The lowest BCUT2D eigenvalue weighted by molar-refractivity contribution is -0.134. The van der Waals surface area contributed by atoms with Crippen LogP contribution in [-0.4, -0.2) is 42.5 Å². The van der Waals surface area contributed by atoms with E-state index in [0.29, 0.717) is 6.54 Å². The lowest BCUT2D eigenvalue weighted by atomic mass is 10.1. The number of ether oxygens (including phenoxy) is 1. The predicted octanol–water partition coefficient (Wildman–Crippen LogP) is 2.52. The van der Waals surface area contributed by atoms with E-state index in [9.17, 15) is 9.59 Å². The van der Waals surface area contributed by atoms with Crippen LogP contribution in [0.4, 0.5) is 5.69 Å². The molecule has 1 unspecified atom stereocenters. The Morgan fingerprint density at radius 3 is 2.78 bits per heavy atom. The van der Waals surface area contributed by atoms with Gasteiger partial charge in [-0.05, 0) is 37.3 Å². The van der Waals surface area contributed by atoms with E-state index in [4.69, 9.17) is 4.74 Å². The van der Waals surface area contributed by atoms with Crippen LogP contribution in [0.5, 0.6) is 0 Å². The molecular weight excluding hydrogens is 292 g/mol. The summed E-state index contributed by atoms with van der Waals surface area (Å²) in [6, 6.07) is 5.98. The van der Waals surface area contributed by atoms with Crippen LogP contribution >= 0.6 is 0 Å². The average molecular weight is 318 g/mol. The number of rotatable bonds is 6. The molecule has 0 aliphatic carbocycles. The van der Waals surface area contributed by atoms with Crippen molar-refractivity contribution in [2.24, 2.45) is 0 Å². The van der Waals surface area contributed by atoms with E-state index >= 15 is 0 Å². The maximum atomic E-state index is 12.4. The van der Waals surface area contributed by atoms with Crippen LogP contribution in [0.15, 0.2) is 18.2 Å². The van der Waals surface area contributed by atoms with Gasteiger partial charge in [-0.1, -0.05) is 25.1 Å². The summed E-state index contributed by atoms with van der Waals surface area (Å²) in [4.78, 5) is 25.7. The highest BCUT2D eigenvalue weighted by Crippen LogP contribution is 2.21. The first-order valence-corrected chi connectivity index (χ1v) is 8.26. The fraction of sp³-hybridized carbons (Fsp3) is 0.556. The smallest absolute Gasteiger partial charge is 0.244 e. The molecule has 1 saturated heterocycles. The Balaban J connectivity index is 2.00. The molecule has 2 amide bonds. The van der Waals surface area contributed by atoms with Gasteiger partial charge in [0.25, 0.3) is 0 Å². The molecule has 126 valence electrons. The molecule has 1 aliphatic rings. The van der Waals surface area contributed by atoms with Gasteiger partial charge in [-0.2, -0.15) is 0 Å². The van der Waals surface area contributed by atoms with Gasteiger partial charge < -0.3 is 15.0 Å².